The predicted molar refractivity (Wildman–Crippen MR) is 105 cm³/mol. The maximum Gasteiger partial charge on any atom is 0.266 e. The fourth-order valence-corrected chi connectivity index (χ4v) is 3.58. The van der Waals surface area contributed by atoms with Crippen molar-refractivity contribution in [3.8, 4) is 6.07 Å². The quantitative estimate of drug-likeness (QED) is 0.736. The van der Waals surface area contributed by atoms with Gasteiger partial charge in [-0.25, -0.2) is 0 Å². The molecule has 1 atom stereocenters. The number of carbonyl (C=O) groups excluding carboxylic acids is 1. The summed E-state index contributed by atoms with van der Waals surface area (Å²) in [5.41, 5.74) is 2.98. The van der Waals surface area contributed by atoms with E-state index in [2.05, 4.69) is 40.8 Å². The SMILES string of the molecule is CCc1ccc(N2C(S)=C(C#N)C(=O)NC2c2cccc(Br)c2)cc1. The Kier molecular flexibility index (Phi) is 5.16. The van der Waals surface area contributed by atoms with Crippen LogP contribution in [-0.4, -0.2) is 5.91 Å². The van der Waals surface area contributed by atoms with Gasteiger partial charge < -0.3 is 10.2 Å². The number of rotatable bonds is 3. The number of nitrogens with one attached hydrogen (secondary N) is 1. The van der Waals surface area contributed by atoms with Gasteiger partial charge in [-0.2, -0.15) is 5.26 Å². The molecule has 0 aliphatic carbocycles. The maximum atomic E-state index is 12.3. The van der Waals surface area contributed by atoms with Gasteiger partial charge in [0.2, 0.25) is 0 Å². The van der Waals surface area contributed by atoms with Crippen LogP contribution >= 0.6 is 28.6 Å². The zero-order valence-electron chi connectivity index (χ0n) is 13.5. The van der Waals surface area contributed by atoms with Crippen LogP contribution in [-0.2, 0) is 11.2 Å². The third-order valence-corrected chi connectivity index (χ3v) is 5.04. The van der Waals surface area contributed by atoms with Crippen LogP contribution in [0, 0.1) is 11.3 Å². The molecule has 0 bridgehead atoms. The van der Waals surface area contributed by atoms with E-state index in [0.717, 1.165) is 22.1 Å². The normalized spacial score (nSPS) is 17.3. The molecule has 2 aromatic carbocycles. The predicted octanol–water partition coefficient (Wildman–Crippen LogP) is 4.31. The summed E-state index contributed by atoms with van der Waals surface area (Å²) in [4.78, 5) is 14.2. The summed E-state index contributed by atoms with van der Waals surface area (Å²) >= 11 is 7.96. The highest BCUT2D eigenvalue weighted by Crippen LogP contribution is 2.36. The van der Waals surface area contributed by atoms with Crippen LogP contribution in [0.3, 0.4) is 0 Å². The Morgan fingerprint density at radius 3 is 2.60 bits per heavy atom. The average molecular weight is 414 g/mol. The lowest BCUT2D eigenvalue weighted by Gasteiger charge is -2.38. The van der Waals surface area contributed by atoms with Gasteiger partial charge in [0.1, 0.15) is 17.8 Å². The molecule has 3 rings (SSSR count). The molecule has 1 amide bonds. The van der Waals surface area contributed by atoms with E-state index in [-0.39, 0.29) is 5.57 Å². The molecule has 0 fully saturated rings. The highest BCUT2D eigenvalue weighted by atomic mass is 79.9. The van der Waals surface area contributed by atoms with E-state index in [1.54, 1.807) is 0 Å². The molecule has 4 nitrogen and oxygen atoms in total. The zero-order valence-corrected chi connectivity index (χ0v) is 16.0. The fraction of sp³-hybridized carbons (Fsp3) is 0.158. The average Bonchev–Trinajstić information content (AvgIpc) is 2.62. The fourth-order valence-electron chi connectivity index (χ4n) is 2.78. The first-order valence-electron chi connectivity index (χ1n) is 7.83. The van der Waals surface area contributed by atoms with Crippen LogP contribution in [0.4, 0.5) is 5.69 Å². The Labute approximate surface area is 160 Å². The number of halogens is 1. The number of aryl methyl sites for hydroxylation is 1. The molecule has 0 saturated carbocycles. The molecule has 1 heterocycles. The first-order chi connectivity index (χ1) is 12.0. The van der Waals surface area contributed by atoms with Crippen molar-refractivity contribution in [2.75, 3.05) is 4.90 Å². The molecule has 1 unspecified atom stereocenters. The summed E-state index contributed by atoms with van der Waals surface area (Å²) in [7, 11) is 0. The Morgan fingerprint density at radius 2 is 2.00 bits per heavy atom. The largest absolute Gasteiger partial charge is 0.327 e. The number of carbonyl (C=O) groups is 1. The summed E-state index contributed by atoms with van der Waals surface area (Å²) in [5, 5.41) is 12.6. The first-order valence-corrected chi connectivity index (χ1v) is 9.07. The van der Waals surface area contributed by atoms with E-state index >= 15 is 0 Å². The second kappa shape index (κ2) is 7.34. The second-order valence-electron chi connectivity index (χ2n) is 5.63. The van der Waals surface area contributed by atoms with E-state index in [9.17, 15) is 10.1 Å². The molecular formula is C19H16BrN3OS. The lowest BCUT2D eigenvalue weighted by molar-refractivity contribution is -0.118. The molecule has 1 aliphatic rings. The lowest BCUT2D eigenvalue weighted by Crippen LogP contribution is -2.46. The summed E-state index contributed by atoms with van der Waals surface area (Å²) < 4.78 is 0.913. The summed E-state index contributed by atoms with van der Waals surface area (Å²) in [6.07, 6.45) is 0.501. The van der Waals surface area contributed by atoms with Crippen LogP contribution in [0.2, 0.25) is 0 Å². The minimum atomic E-state index is -0.443. The Morgan fingerprint density at radius 1 is 1.28 bits per heavy atom. The molecule has 1 aliphatic heterocycles. The molecule has 1 N–H and O–H groups in total. The third kappa shape index (κ3) is 3.44. The number of anilines is 1. The summed E-state index contributed by atoms with van der Waals surface area (Å²) in [6.45, 7) is 2.10. The summed E-state index contributed by atoms with van der Waals surface area (Å²) in [6, 6.07) is 17.7. The van der Waals surface area contributed by atoms with Gasteiger partial charge in [0.15, 0.2) is 0 Å². The van der Waals surface area contributed by atoms with E-state index in [4.69, 9.17) is 0 Å². The number of nitriles is 1. The second-order valence-corrected chi connectivity index (χ2v) is 6.97. The van der Waals surface area contributed by atoms with Crippen LogP contribution < -0.4 is 10.2 Å². The molecule has 0 aromatic heterocycles. The standard InChI is InChI=1S/C19H16BrN3OS/c1-2-12-6-8-15(9-7-12)23-17(13-4-3-5-14(20)10-13)22-18(24)16(11-21)19(23)25/h3-10,17,25H,2H2,1H3,(H,22,24). The molecule has 6 heteroatoms. The first kappa shape index (κ1) is 17.6. The number of nitrogens with zero attached hydrogens (tertiary/aromatic N) is 2. The molecular weight excluding hydrogens is 398 g/mol. The molecule has 25 heavy (non-hydrogen) atoms. The van der Waals surface area contributed by atoms with Crippen molar-refractivity contribution >= 4 is 40.2 Å². The molecule has 0 saturated heterocycles. The van der Waals surface area contributed by atoms with Gasteiger partial charge in [-0.15, -0.1) is 12.6 Å². The van der Waals surface area contributed by atoms with Crippen molar-refractivity contribution in [1.29, 1.82) is 5.26 Å². The molecule has 126 valence electrons. The van der Waals surface area contributed by atoms with E-state index in [1.165, 1.54) is 5.56 Å². The third-order valence-electron chi connectivity index (χ3n) is 4.10. The number of hydrogen-bond acceptors (Lipinski definition) is 4. The molecule has 2 aromatic rings. The van der Waals surface area contributed by atoms with Crippen molar-refractivity contribution in [2.24, 2.45) is 0 Å². The number of amides is 1. The highest BCUT2D eigenvalue weighted by Gasteiger charge is 2.33. The highest BCUT2D eigenvalue weighted by molar-refractivity contribution is 9.10. The Balaban J connectivity index is 2.13. The van der Waals surface area contributed by atoms with Crippen molar-refractivity contribution in [1.82, 2.24) is 5.32 Å². The van der Waals surface area contributed by atoms with Gasteiger partial charge in [0.25, 0.3) is 5.91 Å². The van der Waals surface area contributed by atoms with Gasteiger partial charge in [-0.3, -0.25) is 4.79 Å². The monoisotopic (exact) mass is 413 g/mol. The zero-order chi connectivity index (χ0) is 18.0. The Hall–Kier alpha value is -2.23. The van der Waals surface area contributed by atoms with Gasteiger partial charge in [-0.1, -0.05) is 47.1 Å². The van der Waals surface area contributed by atoms with E-state index < -0.39 is 12.1 Å². The lowest BCUT2D eigenvalue weighted by atomic mass is 10.1. The number of thiol groups is 1. The molecule has 0 radical (unpaired) electrons. The van der Waals surface area contributed by atoms with Crippen molar-refractivity contribution in [3.05, 3.63) is 74.7 Å². The molecule has 0 spiro atoms. The Bertz CT molecular complexity index is 886. The minimum absolute atomic E-state index is 0.00847. The van der Waals surface area contributed by atoms with Crippen LogP contribution in [0.15, 0.2) is 63.6 Å². The van der Waals surface area contributed by atoms with Crippen molar-refractivity contribution in [2.45, 2.75) is 19.5 Å². The smallest absolute Gasteiger partial charge is 0.266 e. The van der Waals surface area contributed by atoms with Crippen LogP contribution in [0.25, 0.3) is 0 Å². The maximum absolute atomic E-state index is 12.3. The number of hydrogen-bond donors (Lipinski definition) is 2. The van der Waals surface area contributed by atoms with Crippen molar-refractivity contribution < 1.29 is 4.79 Å². The van der Waals surface area contributed by atoms with E-state index in [0.29, 0.717) is 5.03 Å². The van der Waals surface area contributed by atoms with Gasteiger partial charge >= 0.3 is 0 Å². The summed E-state index contributed by atoms with van der Waals surface area (Å²) in [5.74, 6) is -0.418. The van der Waals surface area contributed by atoms with Gasteiger partial charge in [-0.05, 0) is 41.8 Å². The van der Waals surface area contributed by atoms with Crippen LogP contribution in [0.5, 0.6) is 0 Å². The van der Waals surface area contributed by atoms with E-state index in [1.807, 2.05) is 59.5 Å². The van der Waals surface area contributed by atoms with Crippen LogP contribution in [0.1, 0.15) is 24.2 Å². The van der Waals surface area contributed by atoms with Gasteiger partial charge in [0.05, 0.1) is 5.03 Å². The topological polar surface area (TPSA) is 56.1 Å². The minimum Gasteiger partial charge on any atom is -0.327 e. The number of benzene rings is 2. The van der Waals surface area contributed by atoms with Crippen molar-refractivity contribution in [3.63, 3.8) is 0 Å². The van der Waals surface area contributed by atoms with Gasteiger partial charge in [0, 0.05) is 10.2 Å².